The van der Waals surface area contributed by atoms with E-state index in [0.29, 0.717) is 11.3 Å². The van der Waals surface area contributed by atoms with Crippen LogP contribution in [0.25, 0.3) is 0 Å². The average Bonchev–Trinajstić information content (AvgIpc) is 3.27. The van der Waals surface area contributed by atoms with Crippen molar-refractivity contribution in [2.75, 3.05) is 6.54 Å². The molecule has 0 radical (unpaired) electrons. The quantitative estimate of drug-likeness (QED) is 0.536. The third kappa shape index (κ3) is 4.99. The van der Waals surface area contributed by atoms with Gasteiger partial charge in [-0.05, 0) is 45.8 Å². The molecule has 10 nitrogen and oxygen atoms in total. The molecule has 33 heavy (non-hydrogen) atoms. The first-order valence-corrected chi connectivity index (χ1v) is 12.5. The lowest BCUT2D eigenvalue weighted by molar-refractivity contribution is -0.440. The third-order valence-corrected chi connectivity index (χ3v) is 7.86. The Morgan fingerprint density at radius 3 is 2.61 bits per heavy atom. The van der Waals surface area contributed by atoms with E-state index in [1.54, 1.807) is 38.0 Å². The number of allylic oxidation sites excluding steroid dienone is 1. The maximum Gasteiger partial charge on any atom is 0.501 e. The Kier molecular flexibility index (Phi) is 5.70. The van der Waals surface area contributed by atoms with Crippen LogP contribution in [0.4, 0.5) is 4.79 Å². The first-order valence-electron chi connectivity index (χ1n) is 10.9. The van der Waals surface area contributed by atoms with E-state index in [1.165, 1.54) is 22.8 Å². The molecule has 1 saturated carbocycles. The number of nitrogens with one attached hydrogen (secondary N) is 1. The van der Waals surface area contributed by atoms with E-state index in [4.69, 9.17) is 0 Å². The van der Waals surface area contributed by atoms with Gasteiger partial charge in [-0.15, -0.1) is 0 Å². The minimum atomic E-state index is -3.75. The van der Waals surface area contributed by atoms with Gasteiger partial charge in [0.1, 0.15) is 23.1 Å². The van der Waals surface area contributed by atoms with E-state index < -0.39 is 38.4 Å². The predicted octanol–water partition coefficient (Wildman–Crippen LogP) is 0.834. The van der Waals surface area contributed by atoms with Gasteiger partial charge in [-0.3, -0.25) is 4.68 Å². The Labute approximate surface area is 193 Å². The van der Waals surface area contributed by atoms with Crippen LogP contribution in [0.3, 0.4) is 0 Å². The standard InChI is InChI=1S/C22H30N5O5S/c1-21(2,30)9-10-26-18-6-5-16(33(31,32)24-22(3)7-8-22)11-17(18)19(28)27(20(26)29)14-15-12-23-25(4)13-15/h5-6,11-13,16,24,30H,7-10,14H2,1-4H3/q+1. The summed E-state index contributed by atoms with van der Waals surface area (Å²) in [6.07, 6.45) is 9.53. The number of amides is 3. The van der Waals surface area contributed by atoms with E-state index in [2.05, 4.69) is 9.82 Å². The predicted molar refractivity (Wildman–Crippen MR) is 121 cm³/mol. The highest BCUT2D eigenvalue weighted by atomic mass is 32.2. The number of aliphatic hydroxyl groups is 1. The lowest BCUT2D eigenvalue weighted by Crippen LogP contribution is -2.52. The molecule has 0 saturated heterocycles. The van der Waals surface area contributed by atoms with Crippen LogP contribution in [0.1, 0.15) is 45.6 Å². The molecule has 1 atom stereocenters. The Morgan fingerprint density at radius 2 is 2.03 bits per heavy atom. The fourth-order valence-corrected chi connectivity index (χ4v) is 5.48. The van der Waals surface area contributed by atoms with Crippen molar-refractivity contribution in [3.63, 3.8) is 0 Å². The van der Waals surface area contributed by atoms with E-state index in [-0.39, 0.29) is 25.1 Å². The number of sulfonamides is 1. The fourth-order valence-electron chi connectivity index (χ4n) is 3.85. The first-order chi connectivity index (χ1) is 15.3. The summed E-state index contributed by atoms with van der Waals surface area (Å²) < 4.78 is 31.6. The molecule has 1 aromatic rings. The van der Waals surface area contributed by atoms with E-state index in [9.17, 15) is 23.1 Å². The molecule has 1 aliphatic heterocycles. The number of nitrogens with zero attached hydrogens (tertiary/aromatic N) is 4. The average molecular weight is 477 g/mol. The van der Waals surface area contributed by atoms with Gasteiger partial charge in [0.25, 0.3) is 0 Å². The van der Waals surface area contributed by atoms with Crippen molar-refractivity contribution in [3.8, 4) is 0 Å². The second-order valence-electron chi connectivity index (χ2n) is 9.91. The number of fused-ring (bicyclic) bond motifs is 1. The zero-order valence-electron chi connectivity index (χ0n) is 19.3. The normalized spacial score (nSPS) is 22.5. The van der Waals surface area contributed by atoms with Crippen molar-refractivity contribution in [1.29, 1.82) is 0 Å². The first kappa shape index (κ1) is 23.5. The molecule has 2 aliphatic carbocycles. The number of carbonyl (C=O) groups excluding carboxylic acids is 2. The van der Waals surface area contributed by atoms with Gasteiger partial charge in [0.05, 0.1) is 18.3 Å². The van der Waals surface area contributed by atoms with Crippen LogP contribution in [0.5, 0.6) is 0 Å². The third-order valence-electron chi connectivity index (χ3n) is 6.07. The van der Waals surface area contributed by atoms with E-state index >= 15 is 0 Å². The lowest BCUT2D eigenvalue weighted by Gasteiger charge is -2.27. The molecule has 1 fully saturated rings. The topological polar surface area (TPSA) is 125 Å². The Bertz CT molecular complexity index is 1200. The van der Waals surface area contributed by atoms with Gasteiger partial charge in [-0.2, -0.15) is 19.4 Å². The molecule has 4 rings (SSSR count). The number of aromatic nitrogens is 2. The van der Waals surface area contributed by atoms with Gasteiger partial charge in [0.2, 0.25) is 10.0 Å². The molecule has 1 aromatic heterocycles. The monoisotopic (exact) mass is 476 g/mol. The molecule has 2 N–H and O–H groups in total. The molecule has 0 aromatic carbocycles. The van der Waals surface area contributed by atoms with E-state index in [0.717, 1.165) is 17.7 Å². The number of hydrogen-bond donors (Lipinski definition) is 2. The molecule has 3 amide bonds. The van der Waals surface area contributed by atoms with Gasteiger partial charge < -0.3 is 5.11 Å². The van der Waals surface area contributed by atoms with Crippen LogP contribution in [0.15, 0.2) is 36.2 Å². The van der Waals surface area contributed by atoms with Crippen LogP contribution < -0.4 is 4.72 Å². The van der Waals surface area contributed by atoms with Crippen LogP contribution in [0.2, 0.25) is 0 Å². The molecule has 2 heterocycles. The van der Waals surface area contributed by atoms with Gasteiger partial charge in [-0.1, -0.05) is 6.08 Å². The maximum absolute atomic E-state index is 13.4. The number of hydrogen-bond acceptors (Lipinski definition) is 6. The summed E-state index contributed by atoms with van der Waals surface area (Å²) in [5, 5.41) is 13.3. The van der Waals surface area contributed by atoms with Gasteiger partial charge in [-0.25, -0.2) is 17.9 Å². The zero-order valence-corrected chi connectivity index (χ0v) is 20.1. The van der Waals surface area contributed by atoms with E-state index in [1.807, 2.05) is 6.92 Å². The second kappa shape index (κ2) is 8.00. The summed E-state index contributed by atoms with van der Waals surface area (Å²) in [5.41, 5.74) is -0.278. The summed E-state index contributed by atoms with van der Waals surface area (Å²) in [6.45, 7) is 5.31. The van der Waals surface area contributed by atoms with Gasteiger partial charge in [0.15, 0.2) is 0 Å². The molecular formula is C22H30N5O5S+. The highest BCUT2D eigenvalue weighted by molar-refractivity contribution is 7.90. The highest BCUT2D eigenvalue weighted by Crippen LogP contribution is 2.36. The van der Waals surface area contributed by atoms with Gasteiger partial charge >= 0.3 is 11.9 Å². The number of carbonyl (C=O) groups is 2. The SMILES string of the molecule is Cn1cc(CN2C(=O)C3=CC(S(=O)(=O)NC4(C)CC4)C=CC3=[N+](CCC(C)(C)O)C2=O)cn1. The highest BCUT2D eigenvalue weighted by Gasteiger charge is 2.47. The van der Waals surface area contributed by atoms with Crippen LogP contribution in [-0.2, 0) is 28.4 Å². The number of rotatable bonds is 8. The Balaban J connectivity index is 1.71. The zero-order chi connectivity index (χ0) is 24.2. The van der Waals surface area contributed by atoms with Crippen molar-refractivity contribution in [3.05, 3.63) is 41.8 Å². The molecule has 0 spiro atoms. The summed E-state index contributed by atoms with van der Waals surface area (Å²) in [6, 6.07) is -0.519. The largest absolute Gasteiger partial charge is 0.501 e. The number of urea groups is 1. The molecule has 11 heteroatoms. The molecular weight excluding hydrogens is 446 g/mol. The molecule has 1 unspecified atom stereocenters. The number of aryl methyl sites for hydroxylation is 1. The lowest BCUT2D eigenvalue weighted by atomic mass is 9.98. The summed E-state index contributed by atoms with van der Waals surface area (Å²) in [4.78, 5) is 27.8. The van der Waals surface area contributed by atoms with Crippen LogP contribution >= 0.6 is 0 Å². The fraction of sp³-hybridized carbons (Fsp3) is 0.545. The summed E-state index contributed by atoms with van der Waals surface area (Å²) in [5.74, 6) is -0.555. The Morgan fingerprint density at radius 1 is 1.33 bits per heavy atom. The molecule has 178 valence electrons. The molecule has 0 bridgehead atoms. The van der Waals surface area contributed by atoms with Gasteiger partial charge in [0, 0.05) is 30.8 Å². The summed E-state index contributed by atoms with van der Waals surface area (Å²) in [7, 11) is -2.01. The van der Waals surface area contributed by atoms with Crippen molar-refractivity contribution in [1.82, 2.24) is 19.4 Å². The minimum Gasteiger partial charge on any atom is -0.390 e. The minimum absolute atomic E-state index is 0.00654. The number of imide groups is 1. The van der Waals surface area contributed by atoms with Crippen molar-refractivity contribution < 1.29 is 27.7 Å². The van der Waals surface area contributed by atoms with Crippen molar-refractivity contribution in [2.45, 2.75) is 63.0 Å². The molecule has 3 aliphatic rings. The second-order valence-corrected chi connectivity index (χ2v) is 11.7. The smallest absolute Gasteiger partial charge is 0.390 e. The van der Waals surface area contributed by atoms with Crippen molar-refractivity contribution in [2.24, 2.45) is 7.05 Å². The maximum atomic E-state index is 13.4. The summed E-state index contributed by atoms with van der Waals surface area (Å²) >= 11 is 0. The van der Waals surface area contributed by atoms with Crippen LogP contribution in [-0.4, -0.2) is 73.4 Å². The van der Waals surface area contributed by atoms with Crippen LogP contribution in [0, 0.1) is 0 Å². The Hall–Kier alpha value is -2.63. The van der Waals surface area contributed by atoms with Crippen molar-refractivity contribution >= 4 is 27.7 Å².